The highest BCUT2D eigenvalue weighted by Crippen LogP contribution is 2.32. The molecule has 0 aliphatic rings. The van der Waals surface area contributed by atoms with Crippen molar-refractivity contribution in [2.45, 2.75) is 12.2 Å². The Morgan fingerprint density at radius 2 is 1.93 bits per heavy atom. The van der Waals surface area contributed by atoms with Crippen LogP contribution in [0, 0.1) is 5.82 Å². The van der Waals surface area contributed by atoms with Gasteiger partial charge in [0, 0.05) is 6.54 Å². The van der Waals surface area contributed by atoms with Gasteiger partial charge >= 0.3 is 6.18 Å². The molecule has 0 fully saturated rings. The predicted octanol–water partition coefficient (Wildman–Crippen LogP) is 3.05. The molecule has 1 unspecified atom stereocenters. The quantitative estimate of drug-likeness (QED) is 0.631. The molecule has 2 aromatic heterocycles. The van der Waals surface area contributed by atoms with E-state index in [4.69, 9.17) is 4.42 Å². The van der Waals surface area contributed by atoms with Gasteiger partial charge in [0.05, 0.1) is 18.0 Å². The van der Waals surface area contributed by atoms with Gasteiger partial charge in [-0.2, -0.15) is 13.2 Å². The lowest BCUT2D eigenvalue weighted by molar-refractivity contribution is -0.143. The van der Waals surface area contributed by atoms with Gasteiger partial charge in [0.1, 0.15) is 11.6 Å². The molecule has 1 aromatic carbocycles. The number of benzene rings is 1. The maximum atomic E-state index is 13.6. The van der Waals surface area contributed by atoms with Crippen LogP contribution in [0.5, 0.6) is 0 Å². The fourth-order valence-corrected chi connectivity index (χ4v) is 2.74. The summed E-state index contributed by atoms with van der Waals surface area (Å²) in [7, 11) is 3.48. The maximum Gasteiger partial charge on any atom is 0.435 e. The van der Waals surface area contributed by atoms with E-state index in [9.17, 15) is 22.4 Å². The minimum Gasteiger partial charge on any atom is -0.468 e. The number of alkyl halides is 3. The number of furan rings is 1. The van der Waals surface area contributed by atoms with Crippen molar-refractivity contribution in [1.82, 2.24) is 25.2 Å². The number of amides is 1. The molecule has 29 heavy (non-hydrogen) atoms. The Labute approximate surface area is 162 Å². The van der Waals surface area contributed by atoms with Crippen LogP contribution < -0.4 is 5.32 Å². The lowest BCUT2D eigenvalue weighted by Crippen LogP contribution is -2.35. The van der Waals surface area contributed by atoms with E-state index in [1.54, 1.807) is 31.1 Å². The van der Waals surface area contributed by atoms with Crippen molar-refractivity contribution in [2.24, 2.45) is 0 Å². The summed E-state index contributed by atoms with van der Waals surface area (Å²) in [5.74, 6) is -1.11. The monoisotopic (exact) mass is 411 g/mol. The summed E-state index contributed by atoms with van der Waals surface area (Å²) in [4.78, 5) is 14.2. The zero-order valence-corrected chi connectivity index (χ0v) is 15.4. The Kier molecular flexibility index (Phi) is 5.69. The molecule has 11 heteroatoms. The molecule has 3 aromatic rings. The van der Waals surface area contributed by atoms with Gasteiger partial charge in [-0.15, -0.1) is 5.10 Å². The molecule has 3 rings (SSSR count). The molecule has 0 saturated heterocycles. The lowest BCUT2D eigenvalue weighted by atomic mass is 10.2. The Hall–Kier alpha value is -3.21. The van der Waals surface area contributed by atoms with Gasteiger partial charge in [-0.3, -0.25) is 9.69 Å². The number of likely N-dealkylation sites (N-methyl/N-ethyl adjacent to an activating group) is 1. The molecule has 0 spiro atoms. The first kappa shape index (κ1) is 20.5. The van der Waals surface area contributed by atoms with Gasteiger partial charge in [-0.05, 0) is 50.5 Å². The fourth-order valence-electron chi connectivity index (χ4n) is 2.74. The van der Waals surface area contributed by atoms with Gasteiger partial charge in [0.25, 0.3) is 5.91 Å². The summed E-state index contributed by atoms with van der Waals surface area (Å²) >= 11 is 0. The minimum atomic E-state index is -4.91. The first-order valence-electron chi connectivity index (χ1n) is 8.45. The standard InChI is InChI=1S/C18H17F4N5O2/c1-26(2)13(14-4-3-9-29-14)10-23-17(28)15-16(18(20,21)22)27(25-24-15)12-7-5-11(19)6-8-12/h3-9,13H,10H2,1-2H3,(H,23,28). The number of nitrogens with zero attached hydrogens (tertiary/aromatic N) is 4. The van der Waals surface area contributed by atoms with E-state index in [0.717, 1.165) is 24.3 Å². The van der Waals surface area contributed by atoms with Crippen LogP contribution in [-0.2, 0) is 6.18 Å². The number of carbonyl (C=O) groups excluding carboxylic acids is 1. The fraction of sp³-hybridized carbons (Fsp3) is 0.278. The molecule has 0 radical (unpaired) electrons. The van der Waals surface area contributed by atoms with Gasteiger partial charge in [-0.1, -0.05) is 5.21 Å². The summed E-state index contributed by atoms with van der Waals surface area (Å²) in [6, 6.07) is 7.17. The number of rotatable bonds is 6. The van der Waals surface area contributed by atoms with Crippen LogP contribution in [0.1, 0.15) is 28.0 Å². The number of nitrogens with one attached hydrogen (secondary N) is 1. The number of carbonyl (C=O) groups is 1. The van der Waals surface area contributed by atoms with Crippen molar-refractivity contribution in [2.75, 3.05) is 20.6 Å². The van der Waals surface area contributed by atoms with Crippen LogP contribution in [0.3, 0.4) is 0 Å². The molecule has 1 amide bonds. The van der Waals surface area contributed by atoms with Crippen LogP contribution in [0.4, 0.5) is 17.6 Å². The highest BCUT2D eigenvalue weighted by atomic mass is 19.4. The van der Waals surface area contributed by atoms with Gasteiger partial charge in [-0.25, -0.2) is 9.07 Å². The molecule has 0 aliphatic carbocycles. The van der Waals surface area contributed by atoms with E-state index in [0.29, 0.717) is 10.4 Å². The van der Waals surface area contributed by atoms with E-state index in [-0.39, 0.29) is 12.2 Å². The van der Waals surface area contributed by atoms with E-state index in [2.05, 4.69) is 15.6 Å². The Morgan fingerprint density at radius 3 is 2.48 bits per heavy atom. The Balaban J connectivity index is 1.88. The number of hydrogen-bond donors (Lipinski definition) is 1. The number of hydrogen-bond acceptors (Lipinski definition) is 5. The van der Waals surface area contributed by atoms with E-state index in [1.165, 1.54) is 6.26 Å². The third-order valence-corrected chi connectivity index (χ3v) is 4.18. The van der Waals surface area contributed by atoms with Gasteiger partial charge in [0.15, 0.2) is 11.4 Å². The van der Waals surface area contributed by atoms with Crippen molar-refractivity contribution in [3.63, 3.8) is 0 Å². The molecule has 0 saturated carbocycles. The molecule has 7 nitrogen and oxygen atoms in total. The number of halogens is 4. The average Bonchev–Trinajstić information content (AvgIpc) is 3.31. The first-order valence-corrected chi connectivity index (χ1v) is 8.45. The predicted molar refractivity (Wildman–Crippen MR) is 93.8 cm³/mol. The second-order valence-electron chi connectivity index (χ2n) is 6.38. The van der Waals surface area contributed by atoms with Crippen molar-refractivity contribution in [3.8, 4) is 5.69 Å². The van der Waals surface area contributed by atoms with Gasteiger partial charge < -0.3 is 9.73 Å². The second kappa shape index (κ2) is 8.03. The zero-order chi connectivity index (χ0) is 21.2. The van der Waals surface area contributed by atoms with Crippen molar-refractivity contribution >= 4 is 5.91 Å². The summed E-state index contributed by atoms with van der Waals surface area (Å²) in [5, 5.41) is 9.31. The molecule has 1 N–H and O–H groups in total. The molecule has 2 heterocycles. The van der Waals surface area contributed by atoms with Crippen LogP contribution in [0.25, 0.3) is 5.69 Å². The van der Waals surface area contributed by atoms with Crippen LogP contribution in [0.15, 0.2) is 47.1 Å². The van der Waals surface area contributed by atoms with Crippen molar-refractivity contribution in [3.05, 3.63) is 65.6 Å². The average molecular weight is 411 g/mol. The molecule has 0 aliphatic heterocycles. The van der Waals surface area contributed by atoms with Gasteiger partial charge in [0.2, 0.25) is 0 Å². The minimum absolute atomic E-state index is 0.0138. The van der Waals surface area contributed by atoms with E-state index in [1.807, 2.05) is 0 Å². The highest BCUT2D eigenvalue weighted by molar-refractivity contribution is 5.93. The number of aromatic nitrogens is 3. The van der Waals surface area contributed by atoms with Crippen molar-refractivity contribution < 1.29 is 26.8 Å². The highest BCUT2D eigenvalue weighted by Gasteiger charge is 2.42. The summed E-state index contributed by atoms with van der Waals surface area (Å²) in [6.45, 7) is -0.0138. The topological polar surface area (TPSA) is 76.2 Å². The molecular weight excluding hydrogens is 394 g/mol. The summed E-state index contributed by atoms with van der Waals surface area (Å²) < 4.78 is 59.8. The second-order valence-corrected chi connectivity index (χ2v) is 6.38. The van der Waals surface area contributed by atoms with Crippen LogP contribution >= 0.6 is 0 Å². The summed E-state index contributed by atoms with van der Waals surface area (Å²) in [5.41, 5.74) is -2.30. The van der Waals surface area contributed by atoms with Crippen LogP contribution in [0.2, 0.25) is 0 Å². The largest absolute Gasteiger partial charge is 0.468 e. The zero-order valence-electron chi connectivity index (χ0n) is 15.4. The van der Waals surface area contributed by atoms with E-state index >= 15 is 0 Å². The SMILES string of the molecule is CN(C)C(CNC(=O)c1nnn(-c2ccc(F)cc2)c1C(F)(F)F)c1ccco1. The molecular formula is C18H17F4N5O2. The Morgan fingerprint density at radius 1 is 1.24 bits per heavy atom. The smallest absolute Gasteiger partial charge is 0.435 e. The van der Waals surface area contributed by atoms with Crippen molar-refractivity contribution in [1.29, 1.82) is 0 Å². The lowest BCUT2D eigenvalue weighted by Gasteiger charge is -2.22. The van der Waals surface area contributed by atoms with E-state index < -0.39 is 35.3 Å². The third-order valence-electron chi connectivity index (χ3n) is 4.18. The first-order chi connectivity index (χ1) is 13.7. The summed E-state index contributed by atoms with van der Waals surface area (Å²) in [6.07, 6.45) is -3.45. The molecule has 1 atom stereocenters. The third kappa shape index (κ3) is 4.45. The molecule has 0 bridgehead atoms. The maximum absolute atomic E-state index is 13.6. The normalized spacial score (nSPS) is 12.9. The van der Waals surface area contributed by atoms with Crippen LogP contribution in [-0.4, -0.2) is 46.4 Å². The Bertz CT molecular complexity index is 965. The molecule has 154 valence electrons.